The van der Waals surface area contributed by atoms with E-state index in [2.05, 4.69) is 5.32 Å². The lowest BCUT2D eigenvalue weighted by Crippen LogP contribution is -2.41. The Labute approximate surface area is 118 Å². The zero-order valence-corrected chi connectivity index (χ0v) is 11.8. The molecular weight excluding hydrogens is 276 g/mol. The fourth-order valence-electron chi connectivity index (χ4n) is 2.20. The first-order valence-corrected chi connectivity index (χ1v) is 8.29. The smallest absolute Gasteiger partial charge is 0.224 e. The summed E-state index contributed by atoms with van der Waals surface area (Å²) in [4.78, 5) is 11.9. The van der Waals surface area contributed by atoms with E-state index in [1.165, 1.54) is 0 Å². The van der Waals surface area contributed by atoms with Crippen molar-refractivity contribution in [2.24, 2.45) is 0 Å². The molecule has 0 unspecified atom stereocenters. The van der Waals surface area contributed by atoms with Gasteiger partial charge in [-0.25, -0.2) is 8.42 Å². The van der Waals surface area contributed by atoms with Crippen molar-refractivity contribution in [1.29, 1.82) is 5.26 Å². The fourth-order valence-corrected chi connectivity index (χ4v) is 3.69. The van der Waals surface area contributed by atoms with E-state index in [4.69, 9.17) is 5.26 Å². The first-order chi connectivity index (χ1) is 9.48. The summed E-state index contributed by atoms with van der Waals surface area (Å²) in [6, 6.07) is 8.83. The summed E-state index contributed by atoms with van der Waals surface area (Å²) < 4.78 is 22.6. The van der Waals surface area contributed by atoms with Gasteiger partial charge in [-0.2, -0.15) is 5.26 Å². The Morgan fingerprint density at radius 2 is 1.85 bits per heavy atom. The molecule has 1 heterocycles. The number of amides is 1. The number of hydrogen-bond acceptors (Lipinski definition) is 4. The van der Waals surface area contributed by atoms with Gasteiger partial charge in [0.25, 0.3) is 0 Å². The van der Waals surface area contributed by atoms with Crippen molar-refractivity contribution < 1.29 is 13.2 Å². The maximum atomic E-state index is 11.9. The molecule has 1 aliphatic rings. The molecule has 1 amide bonds. The van der Waals surface area contributed by atoms with E-state index in [0.717, 1.165) is 5.56 Å². The van der Waals surface area contributed by atoms with Crippen LogP contribution in [0.3, 0.4) is 0 Å². The zero-order valence-electron chi connectivity index (χ0n) is 11.0. The SMILES string of the molecule is N#Cc1ccc(CC(=O)NC2CCS(=O)(=O)CC2)cc1. The second kappa shape index (κ2) is 6.06. The molecular formula is C14H16N2O3S. The van der Waals surface area contributed by atoms with Crippen LogP contribution in [0.4, 0.5) is 0 Å². The minimum atomic E-state index is -2.90. The standard InChI is InChI=1S/C14H16N2O3S/c15-10-12-3-1-11(2-4-12)9-14(17)16-13-5-7-20(18,19)8-6-13/h1-4,13H,5-9H2,(H,16,17). The van der Waals surface area contributed by atoms with Crippen molar-refractivity contribution in [3.05, 3.63) is 35.4 Å². The van der Waals surface area contributed by atoms with Crippen molar-refractivity contribution in [3.8, 4) is 6.07 Å². The van der Waals surface area contributed by atoms with Crippen LogP contribution in [0.15, 0.2) is 24.3 Å². The number of hydrogen-bond donors (Lipinski definition) is 1. The van der Waals surface area contributed by atoms with Gasteiger partial charge in [0.15, 0.2) is 0 Å². The van der Waals surface area contributed by atoms with E-state index in [0.29, 0.717) is 18.4 Å². The van der Waals surface area contributed by atoms with Crippen molar-refractivity contribution in [2.75, 3.05) is 11.5 Å². The highest BCUT2D eigenvalue weighted by Crippen LogP contribution is 2.12. The van der Waals surface area contributed by atoms with Crippen LogP contribution in [0, 0.1) is 11.3 Å². The Morgan fingerprint density at radius 3 is 2.40 bits per heavy atom. The van der Waals surface area contributed by atoms with E-state index < -0.39 is 9.84 Å². The Bertz CT molecular complexity index is 615. The van der Waals surface area contributed by atoms with Gasteiger partial charge in [-0.15, -0.1) is 0 Å². The first-order valence-electron chi connectivity index (χ1n) is 6.47. The highest BCUT2D eigenvalue weighted by Gasteiger charge is 2.24. The van der Waals surface area contributed by atoms with E-state index >= 15 is 0 Å². The Kier molecular flexibility index (Phi) is 4.40. The Morgan fingerprint density at radius 1 is 1.25 bits per heavy atom. The Hall–Kier alpha value is -1.87. The number of carbonyl (C=O) groups is 1. The molecule has 0 bridgehead atoms. The molecule has 0 aliphatic carbocycles. The van der Waals surface area contributed by atoms with Gasteiger partial charge in [0.05, 0.1) is 29.6 Å². The van der Waals surface area contributed by atoms with E-state index in [1.807, 2.05) is 6.07 Å². The number of carbonyl (C=O) groups excluding carboxylic acids is 1. The molecule has 1 aliphatic heterocycles. The first kappa shape index (κ1) is 14.5. The number of rotatable bonds is 3. The van der Waals surface area contributed by atoms with E-state index in [-0.39, 0.29) is 29.9 Å². The van der Waals surface area contributed by atoms with Gasteiger partial charge in [0.2, 0.25) is 5.91 Å². The molecule has 5 nitrogen and oxygen atoms in total. The predicted octanol–water partition coefficient (Wildman–Crippen LogP) is 0.794. The molecule has 20 heavy (non-hydrogen) atoms. The fraction of sp³-hybridized carbons (Fsp3) is 0.429. The van der Waals surface area contributed by atoms with Gasteiger partial charge in [-0.1, -0.05) is 12.1 Å². The lowest BCUT2D eigenvalue weighted by Gasteiger charge is -2.23. The van der Waals surface area contributed by atoms with E-state index in [1.54, 1.807) is 24.3 Å². The minimum Gasteiger partial charge on any atom is -0.353 e. The second-order valence-corrected chi connectivity index (χ2v) is 7.28. The van der Waals surface area contributed by atoms with Crippen LogP contribution >= 0.6 is 0 Å². The van der Waals surface area contributed by atoms with Crippen LogP contribution in [0.2, 0.25) is 0 Å². The van der Waals surface area contributed by atoms with Crippen molar-refractivity contribution in [3.63, 3.8) is 0 Å². The van der Waals surface area contributed by atoms with Crippen molar-refractivity contribution in [1.82, 2.24) is 5.32 Å². The highest BCUT2D eigenvalue weighted by molar-refractivity contribution is 7.91. The minimum absolute atomic E-state index is 0.0515. The number of nitriles is 1. The number of nitrogens with one attached hydrogen (secondary N) is 1. The monoisotopic (exact) mass is 292 g/mol. The van der Waals surface area contributed by atoms with Crippen LogP contribution in [0.25, 0.3) is 0 Å². The summed E-state index contributed by atoms with van der Waals surface area (Å²) in [7, 11) is -2.90. The van der Waals surface area contributed by atoms with Crippen molar-refractivity contribution in [2.45, 2.75) is 25.3 Å². The summed E-state index contributed by atoms with van der Waals surface area (Å²) in [6.07, 6.45) is 1.22. The third-order valence-corrected chi connectivity index (χ3v) is 5.08. The van der Waals surface area contributed by atoms with Crippen LogP contribution < -0.4 is 5.32 Å². The predicted molar refractivity (Wildman–Crippen MR) is 74.7 cm³/mol. The van der Waals surface area contributed by atoms with Gasteiger partial charge in [0.1, 0.15) is 9.84 Å². The van der Waals surface area contributed by atoms with Crippen LogP contribution in [0.5, 0.6) is 0 Å². The second-order valence-electron chi connectivity index (χ2n) is 4.98. The summed E-state index contributed by atoms with van der Waals surface area (Å²) in [5, 5.41) is 11.6. The maximum Gasteiger partial charge on any atom is 0.224 e. The summed E-state index contributed by atoms with van der Waals surface area (Å²) >= 11 is 0. The number of sulfone groups is 1. The molecule has 6 heteroatoms. The maximum absolute atomic E-state index is 11.9. The average molecular weight is 292 g/mol. The quantitative estimate of drug-likeness (QED) is 0.892. The molecule has 1 aromatic carbocycles. The van der Waals surface area contributed by atoms with Crippen LogP contribution in [-0.2, 0) is 21.1 Å². The topological polar surface area (TPSA) is 87.0 Å². The molecule has 0 atom stereocenters. The molecule has 0 spiro atoms. The highest BCUT2D eigenvalue weighted by atomic mass is 32.2. The molecule has 106 valence electrons. The summed E-state index contributed by atoms with van der Waals surface area (Å²) in [6.45, 7) is 0. The molecule has 0 radical (unpaired) electrons. The van der Waals surface area contributed by atoms with Crippen LogP contribution in [-0.4, -0.2) is 31.9 Å². The largest absolute Gasteiger partial charge is 0.353 e. The molecule has 0 saturated carbocycles. The third-order valence-electron chi connectivity index (χ3n) is 3.37. The van der Waals surface area contributed by atoms with Gasteiger partial charge >= 0.3 is 0 Å². The molecule has 1 N–H and O–H groups in total. The number of benzene rings is 1. The summed E-state index contributed by atoms with van der Waals surface area (Å²) in [5.74, 6) is 0.183. The molecule has 1 saturated heterocycles. The molecule has 1 aromatic rings. The number of nitrogens with zero attached hydrogens (tertiary/aromatic N) is 1. The molecule has 0 aromatic heterocycles. The van der Waals surface area contributed by atoms with E-state index in [9.17, 15) is 13.2 Å². The van der Waals surface area contributed by atoms with Crippen LogP contribution in [0.1, 0.15) is 24.0 Å². The normalized spacial score (nSPS) is 18.1. The average Bonchev–Trinajstić information content (AvgIpc) is 2.42. The van der Waals surface area contributed by atoms with Crippen molar-refractivity contribution >= 4 is 15.7 Å². The molecule has 1 fully saturated rings. The van der Waals surface area contributed by atoms with Gasteiger partial charge in [-0.3, -0.25) is 4.79 Å². The Balaban J connectivity index is 1.85. The zero-order chi connectivity index (χ0) is 14.6. The van der Waals surface area contributed by atoms with Gasteiger partial charge in [0, 0.05) is 6.04 Å². The summed E-state index contributed by atoms with van der Waals surface area (Å²) in [5.41, 5.74) is 1.40. The van der Waals surface area contributed by atoms with Gasteiger partial charge < -0.3 is 5.32 Å². The molecule has 2 rings (SSSR count). The van der Waals surface area contributed by atoms with Gasteiger partial charge in [-0.05, 0) is 30.5 Å². The third kappa shape index (κ3) is 4.07. The lowest BCUT2D eigenvalue weighted by molar-refractivity contribution is -0.121. The lowest BCUT2D eigenvalue weighted by atomic mass is 10.1.